The zero-order valence-corrected chi connectivity index (χ0v) is 22.1. The van der Waals surface area contributed by atoms with Crippen molar-refractivity contribution in [2.24, 2.45) is 0 Å². The molecule has 1 amide bonds. The van der Waals surface area contributed by atoms with Crippen molar-refractivity contribution in [2.45, 2.75) is 50.2 Å². The monoisotopic (exact) mass is 579 g/mol. The van der Waals surface area contributed by atoms with Gasteiger partial charge >= 0.3 is 24.4 Å². The predicted molar refractivity (Wildman–Crippen MR) is 128 cm³/mol. The van der Waals surface area contributed by atoms with E-state index in [0.29, 0.717) is 0 Å². The Bertz CT molecular complexity index is 1250. The lowest BCUT2D eigenvalue weighted by atomic mass is 9.71. The SMILES string of the molecule is CCOC(=O)N1c2cc(OC)c(OC)cc2[C@H]([C@@](O)(C(=O)OC)c2cc(C(F)(F)F)cc(C(F)(F)F)c2)C[C@H]1C. The second-order valence-corrected chi connectivity index (χ2v) is 9.02. The van der Waals surface area contributed by atoms with Crippen LogP contribution in [0.3, 0.4) is 0 Å². The molecule has 0 spiro atoms. The number of methoxy groups -OCH3 is 3. The molecule has 40 heavy (non-hydrogen) atoms. The molecular formula is C26H27F6NO7. The summed E-state index contributed by atoms with van der Waals surface area (Å²) in [4.78, 5) is 27.2. The van der Waals surface area contributed by atoms with Crippen LogP contribution in [0.5, 0.6) is 11.5 Å². The Morgan fingerprint density at radius 2 is 1.40 bits per heavy atom. The third-order valence-corrected chi connectivity index (χ3v) is 6.68. The number of aliphatic hydroxyl groups is 1. The first-order chi connectivity index (χ1) is 18.5. The number of alkyl halides is 6. The van der Waals surface area contributed by atoms with Crippen LogP contribution in [-0.4, -0.2) is 51.1 Å². The molecule has 220 valence electrons. The fourth-order valence-electron chi connectivity index (χ4n) is 4.84. The number of esters is 1. The Labute approximate surface area is 225 Å². The number of fused-ring (bicyclic) bond motifs is 1. The first-order valence-corrected chi connectivity index (χ1v) is 11.9. The molecule has 1 heterocycles. The summed E-state index contributed by atoms with van der Waals surface area (Å²) < 4.78 is 103. The molecule has 0 saturated carbocycles. The Balaban J connectivity index is 2.41. The van der Waals surface area contributed by atoms with Crippen molar-refractivity contribution in [2.75, 3.05) is 32.8 Å². The molecule has 0 radical (unpaired) electrons. The molecule has 2 aromatic carbocycles. The number of ether oxygens (including phenoxy) is 4. The van der Waals surface area contributed by atoms with E-state index in [1.54, 1.807) is 6.92 Å². The highest BCUT2D eigenvalue weighted by atomic mass is 19.4. The number of rotatable bonds is 6. The second kappa shape index (κ2) is 11.1. The largest absolute Gasteiger partial charge is 0.493 e. The van der Waals surface area contributed by atoms with Crippen molar-refractivity contribution in [3.63, 3.8) is 0 Å². The van der Waals surface area contributed by atoms with Crippen LogP contribution in [0.2, 0.25) is 0 Å². The molecule has 0 saturated heterocycles. The van der Waals surface area contributed by atoms with Gasteiger partial charge in [-0.1, -0.05) is 0 Å². The number of anilines is 1. The zero-order valence-electron chi connectivity index (χ0n) is 22.1. The predicted octanol–water partition coefficient (Wildman–Crippen LogP) is 5.64. The minimum Gasteiger partial charge on any atom is -0.493 e. The van der Waals surface area contributed by atoms with Gasteiger partial charge in [0.1, 0.15) is 0 Å². The lowest BCUT2D eigenvalue weighted by molar-refractivity contribution is -0.168. The molecule has 1 N–H and O–H groups in total. The van der Waals surface area contributed by atoms with E-state index in [1.807, 2.05) is 0 Å². The van der Waals surface area contributed by atoms with Gasteiger partial charge in [-0.2, -0.15) is 26.3 Å². The topological polar surface area (TPSA) is 94.5 Å². The van der Waals surface area contributed by atoms with Gasteiger partial charge in [0.05, 0.1) is 44.8 Å². The van der Waals surface area contributed by atoms with E-state index in [2.05, 4.69) is 0 Å². The fourth-order valence-corrected chi connectivity index (χ4v) is 4.84. The average molecular weight is 579 g/mol. The van der Waals surface area contributed by atoms with Crippen molar-refractivity contribution in [3.05, 3.63) is 52.6 Å². The van der Waals surface area contributed by atoms with Crippen LogP contribution in [0.1, 0.15) is 48.4 Å². The number of benzene rings is 2. The first kappa shape index (κ1) is 30.9. The van der Waals surface area contributed by atoms with E-state index in [0.717, 1.165) is 7.11 Å². The molecule has 0 unspecified atom stereocenters. The summed E-state index contributed by atoms with van der Waals surface area (Å²) in [6.07, 6.45) is -11.6. The van der Waals surface area contributed by atoms with Crippen molar-refractivity contribution in [3.8, 4) is 11.5 Å². The molecule has 1 aliphatic rings. The molecule has 0 aliphatic carbocycles. The number of hydrogen-bond donors (Lipinski definition) is 1. The van der Waals surface area contributed by atoms with Gasteiger partial charge in [0, 0.05) is 18.0 Å². The number of halogens is 6. The van der Waals surface area contributed by atoms with Gasteiger partial charge < -0.3 is 24.1 Å². The molecule has 3 atom stereocenters. The van der Waals surface area contributed by atoms with Crippen molar-refractivity contribution >= 4 is 17.7 Å². The van der Waals surface area contributed by atoms with Crippen molar-refractivity contribution in [1.82, 2.24) is 0 Å². The number of nitrogens with zero attached hydrogens (tertiary/aromatic N) is 1. The Hall–Kier alpha value is -3.68. The third kappa shape index (κ3) is 5.49. The maximum atomic E-state index is 13.7. The van der Waals surface area contributed by atoms with E-state index in [-0.39, 0.29) is 54.0 Å². The Kier molecular flexibility index (Phi) is 8.53. The van der Waals surface area contributed by atoms with E-state index in [1.165, 1.54) is 38.2 Å². The van der Waals surface area contributed by atoms with Crippen LogP contribution in [0.25, 0.3) is 0 Å². The van der Waals surface area contributed by atoms with Crippen LogP contribution in [0, 0.1) is 0 Å². The smallest absolute Gasteiger partial charge is 0.416 e. The Morgan fingerprint density at radius 3 is 1.85 bits per heavy atom. The molecule has 0 fully saturated rings. The maximum absolute atomic E-state index is 13.7. The van der Waals surface area contributed by atoms with Crippen LogP contribution < -0.4 is 14.4 Å². The van der Waals surface area contributed by atoms with Crippen molar-refractivity contribution in [1.29, 1.82) is 0 Å². The highest BCUT2D eigenvalue weighted by Crippen LogP contribution is 2.52. The summed E-state index contributed by atoms with van der Waals surface area (Å²) in [7, 11) is 3.40. The van der Waals surface area contributed by atoms with Gasteiger partial charge in [-0.15, -0.1) is 0 Å². The highest BCUT2D eigenvalue weighted by Gasteiger charge is 2.53. The van der Waals surface area contributed by atoms with Gasteiger partial charge in [0.15, 0.2) is 17.1 Å². The number of carbonyl (C=O) groups is 2. The van der Waals surface area contributed by atoms with E-state index < -0.39 is 58.7 Å². The number of hydrogen-bond acceptors (Lipinski definition) is 7. The standard InChI is InChI=1S/C26H27F6NO7/c1-6-40-23(35)33-13(2)7-18(17-11-20(37-3)21(38-4)12-19(17)33)24(36,22(34)39-5)14-8-15(25(27,28)29)10-16(9-14)26(30,31)32/h8-13,18,36H,6-7H2,1-5H3/t13-,18-,24-/m1/s1. The lowest BCUT2D eigenvalue weighted by Crippen LogP contribution is -2.50. The van der Waals surface area contributed by atoms with Gasteiger partial charge in [-0.25, -0.2) is 9.59 Å². The first-order valence-electron chi connectivity index (χ1n) is 11.9. The molecular weight excluding hydrogens is 552 g/mol. The minimum atomic E-state index is -5.25. The molecule has 0 bridgehead atoms. The van der Waals surface area contributed by atoms with Crippen molar-refractivity contribution < 1.29 is 60.0 Å². The van der Waals surface area contributed by atoms with Crippen LogP contribution in [-0.2, 0) is 32.2 Å². The molecule has 1 aliphatic heterocycles. The molecule has 14 heteroatoms. The van der Waals surface area contributed by atoms with Crippen LogP contribution in [0.4, 0.5) is 36.8 Å². The van der Waals surface area contributed by atoms with Gasteiger partial charge in [-0.05, 0) is 55.7 Å². The van der Waals surface area contributed by atoms with E-state index >= 15 is 0 Å². The highest BCUT2D eigenvalue weighted by molar-refractivity contribution is 5.92. The molecule has 0 aromatic heterocycles. The molecule has 3 rings (SSSR count). The molecule has 8 nitrogen and oxygen atoms in total. The lowest BCUT2D eigenvalue weighted by Gasteiger charge is -2.44. The summed E-state index contributed by atoms with van der Waals surface area (Å²) in [5.74, 6) is -2.86. The van der Waals surface area contributed by atoms with E-state index in [9.17, 15) is 41.0 Å². The normalized spacial score (nSPS) is 18.9. The van der Waals surface area contributed by atoms with E-state index in [4.69, 9.17) is 18.9 Å². The third-order valence-electron chi connectivity index (χ3n) is 6.68. The quantitative estimate of drug-likeness (QED) is 0.350. The Morgan fingerprint density at radius 1 is 0.900 bits per heavy atom. The van der Waals surface area contributed by atoms with Crippen LogP contribution in [0.15, 0.2) is 30.3 Å². The van der Waals surface area contributed by atoms with Gasteiger partial charge in [0.2, 0.25) is 0 Å². The number of amides is 1. The summed E-state index contributed by atoms with van der Waals surface area (Å²) in [6.45, 7) is 3.06. The summed E-state index contributed by atoms with van der Waals surface area (Å²) in [6, 6.07) is 2.18. The summed E-state index contributed by atoms with van der Waals surface area (Å²) in [5, 5.41) is 11.9. The van der Waals surface area contributed by atoms with Crippen LogP contribution >= 0.6 is 0 Å². The van der Waals surface area contributed by atoms with Gasteiger partial charge in [0.25, 0.3) is 0 Å². The average Bonchev–Trinajstić information content (AvgIpc) is 2.89. The molecule has 2 aromatic rings. The summed E-state index contributed by atoms with van der Waals surface area (Å²) >= 11 is 0. The number of carbonyl (C=O) groups excluding carboxylic acids is 2. The summed E-state index contributed by atoms with van der Waals surface area (Å²) in [5.41, 5.74) is -7.51. The second-order valence-electron chi connectivity index (χ2n) is 9.02. The van der Waals surface area contributed by atoms with Gasteiger partial charge in [-0.3, -0.25) is 4.90 Å². The minimum absolute atomic E-state index is 0.00927. The maximum Gasteiger partial charge on any atom is 0.416 e. The zero-order chi connectivity index (χ0) is 30.2. The fraction of sp³-hybridized carbons (Fsp3) is 0.462.